The number of hydrogen-bond donors (Lipinski definition) is 0. The minimum atomic E-state index is -0.207. The summed E-state index contributed by atoms with van der Waals surface area (Å²) in [5.41, 5.74) is -0.263. The van der Waals surface area contributed by atoms with Crippen molar-refractivity contribution in [1.29, 1.82) is 10.5 Å². The van der Waals surface area contributed by atoms with E-state index in [1.807, 2.05) is 29.7 Å². The maximum Gasteiger partial charge on any atom is 0.269 e. The van der Waals surface area contributed by atoms with Crippen LogP contribution in [0.4, 0.5) is 0 Å². The number of aromatic nitrogens is 1. The third kappa shape index (κ3) is 2.62. The van der Waals surface area contributed by atoms with Crippen LogP contribution in [0.25, 0.3) is 11.6 Å². The van der Waals surface area contributed by atoms with Gasteiger partial charge in [-0.15, -0.1) is 29.3 Å². The Labute approximate surface area is 123 Å². The lowest BCUT2D eigenvalue weighted by Crippen LogP contribution is -2.31. The lowest BCUT2D eigenvalue weighted by atomic mass is 10.3. The van der Waals surface area contributed by atoms with Crippen molar-refractivity contribution in [3.05, 3.63) is 54.6 Å². The van der Waals surface area contributed by atoms with Gasteiger partial charge in [-0.2, -0.15) is 10.5 Å². The molecule has 0 aromatic carbocycles. The zero-order valence-electron chi connectivity index (χ0n) is 10.4. The van der Waals surface area contributed by atoms with Crippen LogP contribution < -0.4 is 14.8 Å². The van der Waals surface area contributed by atoms with Crippen LogP contribution >= 0.6 is 22.7 Å². The van der Waals surface area contributed by atoms with Gasteiger partial charge in [0.1, 0.15) is 16.8 Å². The van der Waals surface area contributed by atoms with Gasteiger partial charge in [0, 0.05) is 11.4 Å². The summed E-state index contributed by atoms with van der Waals surface area (Å²) in [5.74, 6) is 0. The van der Waals surface area contributed by atoms with Gasteiger partial charge in [0.2, 0.25) is 0 Å². The molecule has 98 valence electrons. The van der Waals surface area contributed by atoms with Crippen molar-refractivity contribution in [1.82, 2.24) is 4.57 Å². The summed E-state index contributed by atoms with van der Waals surface area (Å²) >= 11 is 2.67. The van der Waals surface area contributed by atoms with Crippen molar-refractivity contribution < 1.29 is 0 Å². The summed E-state index contributed by atoms with van der Waals surface area (Å²) in [6.07, 6.45) is 3.34. The second-order valence-electron chi connectivity index (χ2n) is 3.73. The lowest BCUT2D eigenvalue weighted by Gasteiger charge is -1.94. The van der Waals surface area contributed by atoms with Crippen molar-refractivity contribution in [3.8, 4) is 12.1 Å². The standard InChI is InChI=1S/C14H9N3OS2/c1-2-5-17-13(18)12(7-11-4-3-6-19-11)20-14(17)10(8-15)9-16/h2-4,6-7H,1,5H2/b12-7-. The molecule has 2 aromatic heterocycles. The van der Waals surface area contributed by atoms with Crippen LogP contribution in [0.5, 0.6) is 0 Å². The quantitative estimate of drug-likeness (QED) is 0.799. The van der Waals surface area contributed by atoms with E-state index in [0.29, 0.717) is 9.20 Å². The summed E-state index contributed by atoms with van der Waals surface area (Å²) in [4.78, 5) is 13.3. The van der Waals surface area contributed by atoms with E-state index in [1.165, 1.54) is 15.9 Å². The van der Waals surface area contributed by atoms with Crippen molar-refractivity contribution in [2.75, 3.05) is 0 Å². The average molecular weight is 299 g/mol. The van der Waals surface area contributed by atoms with Gasteiger partial charge in [-0.3, -0.25) is 9.36 Å². The number of rotatable bonds is 3. The van der Waals surface area contributed by atoms with E-state index in [9.17, 15) is 4.79 Å². The maximum absolute atomic E-state index is 12.3. The number of hydrogen-bond acceptors (Lipinski definition) is 5. The second-order valence-corrected chi connectivity index (χ2v) is 5.74. The van der Waals surface area contributed by atoms with E-state index in [-0.39, 0.29) is 17.7 Å². The van der Waals surface area contributed by atoms with Gasteiger partial charge in [0.25, 0.3) is 5.56 Å². The Hall–Kier alpha value is -2.41. The SMILES string of the molecule is C=CCn1c(=C(C#N)C#N)s/c(=C\c2cccs2)c1=O. The second kappa shape index (κ2) is 6.16. The maximum atomic E-state index is 12.3. The van der Waals surface area contributed by atoms with E-state index < -0.39 is 0 Å². The van der Waals surface area contributed by atoms with E-state index in [2.05, 4.69) is 6.58 Å². The Bertz CT molecular complexity index is 870. The van der Waals surface area contributed by atoms with Crippen LogP contribution in [0.2, 0.25) is 0 Å². The molecule has 2 aromatic rings. The molecule has 0 radical (unpaired) electrons. The first-order chi connectivity index (χ1) is 9.71. The molecule has 0 spiro atoms. The first kappa shape index (κ1) is 14.0. The van der Waals surface area contributed by atoms with Crippen LogP contribution in [0.15, 0.2) is 35.0 Å². The van der Waals surface area contributed by atoms with Crippen LogP contribution in [0.3, 0.4) is 0 Å². The van der Waals surface area contributed by atoms with Crippen molar-refractivity contribution in [3.63, 3.8) is 0 Å². The molecule has 0 atom stereocenters. The molecule has 2 heterocycles. The molecule has 0 bridgehead atoms. The predicted molar refractivity (Wildman–Crippen MR) is 80.5 cm³/mol. The highest BCUT2D eigenvalue weighted by atomic mass is 32.1. The fourth-order valence-corrected chi connectivity index (χ4v) is 3.41. The summed E-state index contributed by atoms with van der Waals surface area (Å²) in [5, 5.41) is 19.9. The van der Waals surface area contributed by atoms with E-state index in [1.54, 1.807) is 12.2 Å². The Balaban J connectivity index is 2.84. The van der Waals surface area contributed by atoms with Gasteiger partial charge in [0.15, 0.2) is 5.57 Å². The molecule has 0 N–H and O–H groups in total. The fraction of sp³-hybridized carbons (Fsp3) is 0.0714. The molecule has 0 amide bonds. The van der Waals surface area contributed by atoms with Crippen LogP contribution in [-0.4, -0.2) is 4.57 Å². The van der Waals surface area contributed by atoms with Gasteiger partial charge < -0.3 is 0 Å². The monoisotopic (exact) mass is 299 g/mol. The van der Waals surface area contributed by atoms with Crippen molar-refractivity contribution in [2.45, 2.75) is 6.54 Å². The minimum absolute atomic E-state index is 0.0558. The Morgan fingerprint density at radius 1 is 1.45 bits per heavy atom. The summed E-state index contributed by atoms with van der Waals surface area (Å²) in [6, 6.07) is 7.46. The summed E-state index contributed by atoms with van der Waals surface area (Å²) in [6.45, 7) is 3.87. The third-order valence-electron chi connectivity index (χ3n) is 2.47. The number of nitrogens with zero attached hydrogens (tertiary/aromatic N) is 3. The van der Waals surface area contributed by atoms with Gasteiger partial charge in [-0.25, -0.2) is 0 Å². The summed E-state index contributed by atoms with van der Waals surface area (Å²) < 4.78 is 2.29. The van der Waals surface area contributed by atoms with Gasteiger partial charge in [0.05, 0.1) is 4.53 Å². The number of nitriles is 2. The fourth-order valence-electron chi connectivity index (χ4n) is 1.62. The summed E-state index contributed by atoms with van der Waals surface area (Å²) in [7, 11) is 0. The lowest BCUT2D eigenvalue weighted by molar-refractivity contribution is 0.775. The molecular weight excluding hydrogens is 290 g/mol. The third-order valence-corrected chi connectivity index (χ3v) is 4.42. The minimum Gasteiger partial charge on any atom is -0.293 e. The van der Waals surface area contributed by atoms with Crippen LogP contribution in [0.1, 0.15) is 4.88 Å². The first-order valence-electron chi connectivity index (χ1n) is 5.61. The van der Waals surface area contributed by atoms with E-state index in [0.717, 1.165) is 16.2 Å². The molecule has 2 rings (SSSR count). The first-order valence-corrected chi connectivity index (χ1v) is 7.31. The van der Waals surface area contributed by atoms with E-state index in [4.69, 9.17) is 10.5 Å². The van der Waals surface area contributed by atoms with Crippen molar-refractivity contribution >= 4 is 34.3 Å². The molecule has 0 unspecified atom stereocenters. The zero-order valence-corrected chi connectivity index (χ0v) is 12.0. The topological polar surface area (TPSA) is 69.6 Å². The Morgan fingerprint density at radius 2 is 2.20 bits per heavy atom. The average Bonchev–Trinajstić information content (AvgIpc) is 3.05. The molecule has 0 aliphatic heterocycles. The van der Waals surface area contributed by atoms with Crippen molar-refractivity contribution in [2.24, 2.45) is 0 Å². The van der Waals surface area contributed by atoms with Crippen LogP contribution in [-0.2, 0) is 6.54 Å². The van der Waals surface area contributed by atoms with Gasteiger partial charge >= 0.3 is 0 Å². The molecular formula is C14H9N3OS2. The Morgan fingerprint density at radius 3 is 2.75 bits per heavy atom. The molecule has 0 saturated carbocycles. The van der Waals surface area contributed by atoms with Gasteiger partial charge in [-0.1, -0.05) is 12.1 Å². The molecule has 4 nitrogen and oxygen atoms in total. The molecule has 0 aliphatic carbocycles. The molecule has 6 heteroatoms. The van der Waals surface area contributed by atoms with Crippen LogP contribution in [0, 0.1) is 22.7 Å². The number of thiophene rings is 1. The molecule has 0 saturated heterocycles. The van der Waals surface area contributed by atoms with E-state index >= 15 is 0 Å². The predicted octanol–water partition coefficient (Wildman–Crippen LogP) is 1.18. The highest BCUT2D eigenvalue weighted by Gasteiger charge is 2.08. The molecule has 20 heavy (non-hydrogen) atoms. The normalized spacial score (nSPS) is 10.8. The highest BCUT2D eigenvalue weighted by molar-refractivity contribution is 7.11. The molecule has 0 fully saturated rings. The smallest absolute Gasteiger partial charge is 0.269 e. The number of thiazole rings is 1. The zero-order chi connectivity index (χ0) is 14.5. The highest BCUT2D eigenvalue weighted by Crippen LogP contribution is 2.08. The molecule has 0 aliphatic rings. The van der Waals surface area contributed by atoms with Gasteiger partial charge in [-0.05, 0) is 17.5 Å². The largest absolute Gasteiger partial charge is 0.293 e. The Kier molecular flexibility index (Phi) is 4.31. The number of allylic oxidation sites excluding steroid dienone is 1.